The van der Waals surface area contributed by atoms with E-state index in [2.05, 4.69) is 54.0 Å². The maximum Gasteiger partial charge on any atom is 0.262 e. The first kappa shape index (κ1) is 17.5. The number of rotatable bonds is 5. The van der Waals surface area contributed by atoms with E-state index in [1.807, 2.05) is 6.07 Å². The molecule has 0 radical (unpaired) electrons. The Morgan fingerprint density at radius 3 is 2.65 bits per heavy atom. The lowest BCUT2D eigenvalue weighted by Gasteiger charge is -2.18. The number of carbonyl (C=O) groups excluding carboxylic acids is 1. The molecular weight excluding hydrogens is 358 g/mol. The van der Waals surface area contributed by atoms with Gasteiger partial charge in [-0.2, -0.15) is 0 Å². The molecule has 1 N–H and O–H groups in total. The number of nitrogens with one attached hydrogen (secondary N) is 1. The molecule has 0 bridgehead atoms. The Morgan fingerprint density at radius 2 is 1.96 bits per heavy atom. The number of hydrogen-bond acceptors (Lipinski definition) is 3. The van der Waals surface area contributed by atoms with Crippen molar-refractivity contribution in [2.45, 2.75) is 45.1 Å². The van der Waals surface area contributed by atoms with Gasteiger partial charge < -0.3 is 5.32 Å². The lowest BCUT2D eigenvalue weighted by Crippen LogP contribution is -2.28. The minimum Gasteiger partial charge on any atom is -0.340 e. The number of hydrogen-bond donors (Lipinski definition) is 1. The van der Waals surface area contributed by atoms with Gasteiger partial charge in [0.1, 0.15) is 0 Å². The summed E-state index contributed by atoms with van der Waals surface area (Å²) in [7, 11) is 0. The van der Waals surface area contributed by atoms with Gasteiger partial charge in [-0.15, -0.1) is 22.7 Å². The van der Waals surface area contributed by atoms with E-state index in [9.17, 15) is 4.79 Å². The predicted molar refractivity (Wildman–Crippen MR) is 110 cm³/mol. The van der Waals surface area contributed by atoms with Crippen molar-refractivity contribution in [2.75, 3.05) is 0 Å². The van der Waals surface area contributed by atoms with Gasteiger partial charge in [0.05, 0.1) is 10.9 Å². The summed E-state index contributed by atoms with van der Waals surface area (Å²) in [6.07, 6.45) is 5.76. The van der Waals surface area contributed by atoms with Gasteiger partial charge in [0.15, 0.2) is 0 Å². The van der Waals surface area contributed by atoms with Gasteiger partial charge in [0.2, 0.25) is 0 Å². The first-order chi connectivity index (χ1) is 12.7. The van der Waals surface area contributed by atoms with E-state index in [1.165, 1.54) is 33.7 Å². The van der Waals surface area contributed by atoms with E-state index in [0.717, 1.165) is 29.7 Å². The summed E-state index contributed by atoms with van der Waals surface area (Å²) in [4.78, 5) is 16.4. The third kappa shape index (κ3) is 3.62. The highest BCUT2D eigenvalue weighted by molar-refractivity contribution is 7.14. The highest BCUT2D eigenvalue weighted by atomic mass is 32.1. The fourth-order valence-corrected chi connectivity index (χ4v) is 5.48. The molecule has 2 nitrogen and oxygen atoms in total. The molecule has 2 heterocycles. The van der Waals surface area contributed by atoms with Crippen molar-refractivity contribution in [1.29, 1.82) is 0 Å². The molecule has 1 aliphatic rings. The number of fused-ring (bicyclic) bond motifs is 1. The largest absolute Gasteiger partial charge is 0.340 e. The van der Waals surface area contributed by atoms with Crippen LogP contribution in [-0.4, -0.2) is 5.91 Å². The molecule has 4 rings (SSSR count). The molecule has 0 aliphatic heterocycles. The van der Waals surface area contributed by atoms with Gasteiger partial charge in [-0.25, -0.2) is 0 Å². The zero-order valence-electron chi connectivity index (χ0n) is 15.0. The standard InChI is InChI=1S/C22H23NOS2/c1-2-15-9-11-16(12-10-15)21(19-8-5-13-25-19)23-22(24)20-14-17-6-3-4-7-18(17)26-20/h5,8-14,21H,2-4,6-7H2,1H3,(H,23,24)/t21-/m1/s1. The first-order valence-corrected chi connectivity index (χ1v) is 11.0. The number of aryl methyl sites for hydroxylation is 3. The van der Waals surface area contributed by atoms with Crippen molar-refractivity contribution in [1.82, 2.24) is 5.32 Å². The maximum atomic E-state index is 13.0. The molecular formula is C22H23NOS2. The lowest BCUT2D eigenvalue weighted by molar-refractivity contribution is 0.0947. The maximum absolute atomic E-state index is 13.0. The zero-order chi connectivity index (χ0) is 17.9. The fraction of sp³-hybridized carbons (Fsp3) is 0.318. The van der Waals surface area contributed by atoms with Crippen LogP contribution in [0.4, 0.5) is 0 Å². The van der Waals surface area contributed by atoms with Gasteiger partial charge >= 0.3 is 0 Å². The normalized spacial score (nSPS) is 14.7. The van der Waals surface area contributed by atoms with E-state index in [4.69, 9.17) is 0 Å². The molecule has 0 saturated carbocycles. The average Bonchev–Trinajstić information content (AvgIpc) is 3.35. The van der Waals surface area contributed by atoms with E-state index in [-0.39, 0.29) is 11.9 Å². The highest BCUT2D eigenvalue weighted by Gasteiger charge is 2.22. The first-order valence-electron chi connectivity index (χ1n) is 9.29. The Kier molecular flexibility index (Phi) is 5.23. The molecule has 1 atom stereocenters. The number of amides is 1. The van der Waals surface area contributed by atoms with Crippen molar-refractivity contribution in [3.63, 3.8) is 0 Å². The molecule has 0 spiro atoms. The minimum atomic E-state index is -0.0902. The van der Waals surface area contributed by atoms with Crippen LogP contribution in [0.15, 0.2) is 47.8 Å². The molecule has 1 aliphatic carbocycles. The summed E-state index contributed by atoms with van der Waals surface area (Å²) in [5, 5.41) is 5.35. The predicted octanol–water partition coefficient (Wildman–Crippen LogP) is 5.77. The summed E-state index contributed by atoms with van der Waals surface area (Å²) in [5.41, 5.74) is 3.83. The summed E-state index contributed by atoms with van der Waals surface area (Å²) < 4.78 is 0. The summed E-state index contributed by atoms with van der Waals surface area (Å²) in [5.74, 6) is 0.0439. The second kappa shape index (κ2) is 7.77. The molecule has 134 valence electrons. The SMILES string of the molecule is CCc1ccc([C@@H](NC(=O)c2cc3c(s2)CCCC3)c2cccs2)cc1. The molecule has 2 aromatic heterocycles. The van der Waals surface area contributed by atoms with Crippen LogP contribution < -0.4 is 5.32 Å². The zero-order valence-corrected chi connectivity index (χ0v) is 16.6. The van der Waals surface area contributed by atoms with Gasteiger partial charge in [-0.05, 0) is 66.3 Å². The van der Waals surface area contributed by atoms with E-state index in [0.29, 0.717) is 0 Å². The average molecular weight is 382 g/mol. The van der Waals surface area contributed by atoms with Crippen LogP contribution in [0.3, 0.4) is 0 Å². The monoisotopic (exact) mass is 381 g/mol. The Bertz CT molecular complexity index is 854. The van der Waals surface area contributed by atoms with Crippen molar-refractivity contribution in [3.05, 3.63) is 79.2 Å². The van der Waals surface area contributed by atoms with Crippen LogP contribution in [0, 0.1) is 0 Å². The Balaban J connectivity index is 1.60. The molecule has 3 aromatic rings. The van der Waals surface area contributed by atoms with Crippen LogP contribution in [0.2, 0.25) is 0 Å². The third-order valence-electron chi connectivity index (χ3n) is 5.04. The van der Waals surface area contributed by atoms with Crippen molar-refractivity contribution >= 4 is 28.6 Å². The second-order valence-electron chi connectivity index (χ2n) is 6.78. The van der Waals surface area contributed by atoms with E-state index < -0.39 is 0 Å². The van der Waals surface area contributed by atoms with Crippen molar-refractivity contribution in [3.8, 4) is 0 Å². The van der Waals surface area contributed by atoms with Gasteiger partial charge in [-0.1, -0.05) is 37.3 Å². The molecule has 0 saturated heterocycles. The Labute approximate surface area is 162 Å². The van der Waals surface area contributed by atoms with Gasteiger partial charge in [0.25, 0.3) is 5.91 Å². The van der Waals surface area contributed by atoms with Gasteiger partial charge in [0, 0.05) is 9.75 Å². The topological polar surface area (TPSA) is 29.1 Å². The molecule has 0 fully saturated rings. The van der Waals surface area contributed by atoms with E-state index >= 15 is 0 Å². The Morgan fingerprint density at radius 1 is 1.15 bits per heavy atom. The summed E-state index contributed by atoms with van der Waals surface area (Å²) in [6.45, 7) is 2.16. The quantitative estimate of drug-likeness (QED) is 0.597. The lowest BCUT2D eigenvalue weighted by atomic mass is 9.99. The number of carbonyl (C=O) groups is 1. The molecule has 0 unspecified atom stereocenters. The van der Waals surface area contributed by atoms with Crippen LogP contribution in [-0.2, 0) is 19.3 Å². The van der Waals surface area contributed by atoms with Gasteiger partial charge in [-0.3, -0.25) is 4.79 Å². The molecule has 26 heavy (non-hydrogen) atoms. The highest BCUT2D eigenvalue weighted by Crippen LogP contribution is 2.31. The smallest absolute Gasteiger partial charge is 0.262 e. The second-order valence-corrected chi connectivity index (χ2v) is 8.90. The summed E-state index contributed by atoms with van der Waals surface area (Å²) in [6, 6.07) is 14.8. The molecule has 1 amide bonds. The fourth-order valence-electron chi connectivity index (χ4n) is 3.52. The van der Waals surface area contributed by atoms with Crippen LogP contribution in [0.1, 0.15) is 61.9 Å². The van der Waals surface area contributed by atoms with Crippen LogP contribution in [0.25, 0.3) is 0 Å². The van der Waals surface area contributed by atoms with Crippen LogP contribution >= 0.6 is 22.7 Å². The molecule has 1 aromatic carbocycles. The van der Waals surface area contributed by atoms with E-state index in [1.54, 1.807) is 22.7 Å². The van der Waals surface area contributed by atoms with Crippen molar-refractivity contribution in [2.24, 2.45) is 0 Å². The number of thiophene rings is 2. The molecule has 4 heteroatoms. The van der Waals surface area contributed by atoms with Crippen molar-refractivity contribution < 1.29 is 4.79 Å². The number of benzene rings is 1. The summed E-state index contributed by atoms with van der Waals surface area (Å²) >= 11 is 3.36. The minimum absolute atomic E-state index is 0.0439. The third-order valence-corrected chi connectivity index (χ3v) is 7.22. The Hall–Kier alpha value is -1.91. The van der Waals surface area contributed by atoms with Crippen LogP contribution in [0.5, 0.6) is 0 Å².